The molecule has 1 aliphatic rings. The van der Waals surface area contributed by atoms with E-state index in [1.54, 1.807) is 0 Å². The zero-order chi connectivity index (χ0) is 13.5. The van der Waals surface area contributed by atoms with Gasteiger partial charge < -0.3 is 16.0 Å². The van der Waals surface area contributed by atoms with Gasteiger partial charge in [0, 0.05) is 25.2 Å². The molecule has 1 fully saturated rings. The zero-order valence-corrected chi connectivity index (χ0v) is 11.4. The third kappa shape index (κ3) is 4.91. The number of aryl methyl sites for hydroxylation is 1. The minimum absolute atomic E-state index is 0.127. The van der Waals surface area contributed by atoms with Crippen molar-refractivity contribution in [2.75, 3.05) is 31.9 Å². The van der Waals surface area contributed by atoms with Crippen molar-refractivity contribution in [2.45, 2.75) is 25.7 Å². The summed E-state index contributed by atoms with van der Waals surface area (Å²) in [6.07, 6.45) is 3.87. The van der Waals surface area contributed by atoms with E-state index in [0.29, 0.717) is 6.42 Å². The van der Waals surface area contributed by atoms with E-state index in [9.17, 15) is 4.79 Å². The predicted molar refractivity (Wildman–Crippen MR) is 77.9 cm³/mol. The summed E-state index contributed by atoms with van der Waals surface area (Å²) in [5.41, 5.74) is 7.59. The molecule has 19 heavy (non-hydrogen) atoms. The number of rotatable bonds is 6. The van der Waals surface area contributed by atoms with Crippen molar-refractivity contribution in [1.29, 1.82) is 0 Å². The summed E-state index contributed by atoms with van der Waals surface area (Å²) in [4.78, 5) is 14.1. The van der Waals surface area contributed by atoms with E-state index in [0.717, 1.165) is 30.8 Å². The van der Waals surface area contributed by atoms with Gasteiger partial charge in [0.25, 0.3) is 0 Å². The molecule has 104 valence electrons. The number of benzene rings is 1. The van der Waals surface area contributed by atoms with E-state index >= 15 is 0 Å². The lowest BCUT2D eigenvalue weighted by molar-refractivity contribution is -0.121. The summed E-state index contributed by atoms with van der Waals surface area (Å²) >= 11 is 0. The maximum atomic E-state index is 11.7. The molecule has 1 amide bonds. The van der Waals surface area contributed by atoms with Crippen LogP contribution in [0.5, 0.6) is 0 Å². The van der Waals surface area contributed by atoms with E-state index in [1.807, 2.05) is 24.3 Å². The highest BCUT2D eigenvalue weighted by molar-refractivity contribution is 5.76. The third-order valence-electron chi connectivity index (χ3n) is 3.54. The van der Waals surface area contributed by atoms with E-state index in [1.165, 1.54) is 25.9 Å². The molecule has 0 atom stereocenters. The number of nitrogens with one attached hydrogen (secondary N) is 1. The topological polar surface area (TPSA) is 58.4 Å². The maximum Gasteiger partial charge on any atom is 0.220 e. The molecule has 0 radical (unpaired) electrons. The van der Waals surface area contributed by atoms with E-state index in [-0.39, 0.29) is 5.91 Å². The molecule has 4 heteroatoms. The molecule has 1 aliphatic heterocycles. The van der Waals surface area contributed by atoms with Gasteiger partial charge in [0.2, 0.25) is 5.91 Å². The summed E-state index contributed by atoms with van der Waals surface area (Å²) in [7, 11) is 0. The van der Waals surface area contributed by atoms with Crippen LogP contribution in [0.2, 0.25) is 0 Å². The van der Waals surface area contributed by atoms with Gasteiger partial charge in [-0.05, 0) is 50.0 Å². The second-order valence-electron chi connectivity index (χ2n) is 5.14. The number of hydrogen-bond acceptors (Lipinski definition) is 3. The fourth-order valence-corrected chi connectivity index (χ4v) is 2.45. The van der Waals surface area contributed by atoms with Crippen molar-refractivity contribution in [3.05, 3.63) is 29.8 Å². The van der Waals surface area contributed by atoms with Crippen molar-refractivity contribution in [2.24, 2.45) is 0 Å². The van der Waals surface area contributed by atoms with Gasteiger partial charge in [-0.1, -0.05) is 12.1 Å². The van der Waals surface area contributed by atoms with Gasteiger partial charge >= 0.3 is 0 Å². The standard InChI is InChI=1S/C15H23N3O/c16-14-5-3-4-13(12-14)6-7-15(19)17-8-11-18-9-1-2-10-18/h3-5,12H,1-2,6-11,16H2,(H,17,19). The van der Waals surface area contributed by atoms with Crippen LogP contribution in [0.4, 0.5) is 5.69 Å². The Morgan fingerprint density at radius 1 is 1.32 bits per heavy atom. The first-order chi connectivity index (χ1) is 9.24. The number of nitrogens with zero attached hydrogens (tertiary/aromatic N) is 1. The van der Waals surface area contributed by atoms with Crippen molar-refractivity contribution >= 4 is 11.6 Å². The monoisotopic (exact) mass is 261 g/mol. The summed E-state index contributed by atoms with van der Waals surface area (Å²) < 4.78 is 0. The first-order valence-electron chi connectivity index (χ1n) is 7.07. The highest BCUT2D eigenvalue weighted by atomic mass is 16.1. The Bertz CT molecular complexity index is 414. The van der Waals surface area contributed by atoms with Crippen LogP contribution in [0.15, 0.2) is 24.3 Å². The number of nitrogen functional groups attached to an aromatic ring is 1. The van der Waals surface area contributed by atoms with E-state index < -0.39 is 0 Å². The van der Waals surface area contributed by atoms with Gasteiger partial charge in [0.1, 0.15) is 0 Å². The molecule has 0 spiro atoms. The van der Waals surface area contributed by atoms with E-state index in [2.05, 4.69) is 10.2 Å². The summed E-state index contributed by atoms with van der Waals surface area (Å²) in [5.74, 6) is 0.127. The average molecular weight is 261 g/mol. The quantitative estimate of drug-likeness (QED) is 0.761. The molecule has 0 aromatic heterocycles. The SMILES string of the molecule is Nc1cccc(CCC(=O)NCCN2CCCC2)c1. The van der Waals surface area contributed by atoms with Crippen LogP contribution >= 0.6 is 0 Å². The Kier molecular flexibility index (Phi) is 5.21. The first kappa shape index (κ1) is 13.9. The molecule has 0 bridgehead atoms. The lowest BCUT2D eigenvalue weighted by atomic mass is 10.1. The molecule has 0 unspecified atom stereocenters. The average Bonchev–Trinajstić information content (AvgIpc) is 2.90. The molecule has 0 aliphatic carbocycles. The van der Waals surface area contributed by atoms with Crippen molar-refractivity contribution in [3.63, 3.8) is 0 Å². The van der Waals surface area contributed by atoms with Gasteiger partial charge in [0.15, 0.2) is 0 Å². The third-order valence-corrected chi connectivity index (χ3v) is 3.54. The number of nitrogens with two attached hydrogens (primary N) is 1. The summed E-state index contributed by atoms with van der Waals surface area (Å²) in [5, 5.41) is 2.98. The fourth-order valence-electron chi connectivity index (χ4n) is 2.45. The van der Waals surface area contributed by atoms with Gasteiger partial charge in [-0.3, -0.25) is 4.79 Å². The number of carbonyl (C=O) groups excluding carboxylic acids is 1. The molecule has 4 nitrogen and oxygen atoms in total. The Hall–Kier alpha value is -1.55. The molecule has 3 N–H and O–H groups in total. The van der Waals surface area contributed by atoms with Crippen molar-refractivity contribution in [3.8, 4) is 0 Å². The van der Waals surface area contributed by atoms with Crippen LogP contribution in [0, 0.1) is 0 Å². The number of carbonyl (C=O) groups is 1. The molecule has 0 saturated carbocycles. The lowest BCUT2D eigenvalue weighted by Crippen LogP contribution is -2.33. The highest BCUT2D eigenvalue weighted by Crippen LogP contribution is 2.08. The Labute approximate surface area is 115 Å². The van der Waals surface area contributed by atoms with Crippen molar-refractivity contribution in [1.82, 2.24) is 10.2 Å². The number of anilines is 1. The number of amides is 1. The van der Waals surface area contributed by atoms with Crippen LogP contribution in [-0.4, -0.2) is 37.0 Å². The molecule has 2 rings (SSSR count). The molecule has 1 saturated heterocycles. The van der Waals surface area contributed by atoms with Crippen LogP contribution in [0.1, 0.15) is 24.8 Å². The molecular formula is C15H23N3O. The number of hydrogen-bond donors (Lipinski definition) is 2. The fraction of sp³-hybridized carbons (Fsp3) is 0.533. The van der Waals surface area contributed by atoms with Crippen molar-refractivity contribution < 1.29 is 4.79 Å². The van der Waals surface area contributed by atoms with E-state index in [4.69, 9.17) is 5.73 Å². The summed E-state index contributed by atoms with van der Waals surface area (Å²) in [6, 6.07) is 7.72. The Balaban J connectivity index is 1.61. The predicted octanol–water partition coefficient (Wildman–Crippen LogP) is 1.41. The minimum Gasteiger partial charge on any atom is -0.399 e. The zero-order valence-electron chi connectivity index (χ0n) is 11.4. The Morgan fingerprint density at radius 3 is 2.84 bits per heavy atom. The molecule has 1 heterocycles. The molecule has 1 aromatic rings. The Morgan fingerprint density at radius 2 is 2.11 bits per heavy atom. The molecule has 1 aromatic carbocycles. The normalized spacial score (nSPS) is 15.6. The van der Waals surface area contributed by atoms with Gasteiger partial charge in [-0.15, -0.1) is 0 Å². The van der Waals surface area contributed by atoms with Gasteiger partial charge in [-0.2, -0.15) is 0 Å². The highest BCUT2D eigenvalue weighted by Gasteiger charge is 2.10. The van der Waals surface area contributed by atoms with Crippen LogP contribution in [0.25, 0.3) is 0 Å². The van der Waals surface area contributed by atoms with Gasteiger partial charge in [0.05, 0.1) is 0 Å². The lowest BCUT2D eigenvalue weighted by Gasteiger charge is -2.14. The smallest absolute Gasteiger partial charge is 0.220 e. The van der Waals surface area contributed by atoms with Crippen LogP contribution < -0.4 is 11.1 Å². The second kappa shape index (κ2) is 7.14. The minimum atomic E-state index is 0.127. The largest absolute Gasteiger partial charge is 0.399 e. The maximum absolute atomic E-state index is 11.7. The van der Waals surface area contributed by atoms with Crippen LogP contribution in [0.3, 0.4) is 0 Å². The molecular weight excluding hydrogens is 238 g/mol. The first-order valence-corrected chi connectivity index (χ1v) is 7.07. The van der Waals surface area contributed by atoms with Crippen LogP contribution in [-0.2, 0) is 11.2 Å². The number of likely N-dealkylation sites (tertiary alicyclic amines) is 1. The summed E-state index contributed by atoms with van der Waals surface area (Å²) in [6.45, 7) is 4.10. The second-order valence-corrected chi connectivity index (χ2v) is 5.14. The van der Waals surface area contributed by atoms with Gasteiger partial charge in [-0.25, -0.2) is 0 Å².